The van der Waals surface area contributed by atoms with Crippen molar-refractivity contribution in [3.8, 4) is 17.1 Å². The smallest absolute Gasteiger partial charge is 0.162 e. The molecule has 3 aromatic rings. The lowest BCUT2D eigenvalue weighted by molar-refractivity contribution is -0.885. The molecule has 1 saturated heterocycles. The largest absolute Gasteiger partial charge is 0.497 e. The minimum Gasteiger partial charge on any atom is -0.497 e. The molecule has 2 heterocycles. The van der Waals surface area contributed by atoms with Crippen LogP contribution in [-0.4, -0.2) is 43.3 Å². The molecule has 2 aromatic carbocycles. The Labute approximate surface area is 154 Å². The number of methoxy groups -OCH3 is 1. The zero-order valence-electron chi connectivity index (χ0n) is 15.2. The monoisotopic (exact) mass is 349 g/mol. The van der Waals surface area contributed by atoms with Crippen molar-refractivity contribution in [2.45, 2.75) is 12.8 Å². The summed E-state index contributed by atoms with van der Waals surface area (Å²) in [6.07, 6.45) is 2.70. The molecule has 0 aliphatic carbocycles. The zero-order valence-corrected chi connectivity index (χ0v) is 15.2. The highest BCUT2D eigenvalue weighted by atomic mass is 16.5. The normalized spacial score (nSPS) is 14.7. The van der Waals surface area contributed by atoms with Crippen molar-refractivity contribution in [3.05, 3.63) is 48.5 Å². The molecule has 1 fully saturated rings. The average molecular weight is 349 g/mol. The van der Waals surface area contributed by atoms with Crippen LogP contribution in [0.5, 0.6) is 5.75 Å². The highest BCUT2D eigenvalue weighted by Crippen LogP contribution is 2.28. The molecule has 134 valence electrons. The van der Waals surface area contributed by atoms with Gasteiger partial charge in [0.05, 0.1) is 38.8 Å². The second-order valence-electron chi connectivity index (χ2n) is 6.78. The van der Waals surface area contributed by atoms with E-state index in [0.717, 1.165) is 46.9 Å². The molecule has 1 aliphatic rings. The molecule has 0 spiro atoms. The first-order chi connectivity index (χ1) is 12.8. The quantitative estimate of drug-likeness (QED) is 0.718. The van der Waals surface area contributed by atoms with Crippen molar-refractivity contribution < 1.29 is 9.64 Å². The third-order valence-electron chi connectivity index (χ3n) is 5.02. The molecule has 1 aliphatic heterocycles. The van der Waals surface area contributed by atoms with Crippen molar-refractivity contribution in [2.24, 2.45) is 0 Å². The van der Waals surface area contributed by atoms with Crippen LogP contribution in [0.3, 0.4) is 0 Å². The maximum Gasteiger partial charge on any atom is 0.162 e. The van der Waals surface area contributed by atoms with E-state index in [1.165, 1.54) is 25.9 Å². The number of quaternary nitrogens is 1. The van der Waals surface area contributed by atoms with Gasteiger partial charge in [0.25, 0.3) is 0 Å². The second kappa shape index (κ2) is 7.70. The number of hydrogen-bond acceptors (Lipinski definition) is 4. The number of hydrogen-bond donors (Lipinski definition) is 2. The lowest BCUT2D eigenvalue weighted by Crippen LogP contribution is -3.10. The first-order valence-corrected chi connectivity index (χ1v) is 9.32. The van der Waals surface area contributed by atoms with Crippen LogP contribution in [0.15, 0.2) is 48.5 Å². The molecule has 2 N–H and O–H groups in total. The Kier molecular flexibility index (Phi) is 4.97. The Bertz CT molecular complexity index is 876. The summed E-state index contributed by atoms with van der Waals surface area (Å²) in [6, 6.07) is 16.1. The number of benzene rings is 2. The second-order valence-corrected chi connectivity index (χ2v) is 6.78. The molecule has 4 rings (SSSR count). The van der Waals surface area contributed by atoms with E-state index in [9.17, 15) is 0 Å². The Morgan fingerprint density at radius 1 is 1.04 bits per heavy atom. The number of likely N-dealkylation sites (tertiary alicyclic amines) is 1. The molecule has 26 heavy (non-hydrogen) atoms. The number of nitrogens with one attached hydrogen (secondary N) is 2. The van der Waals surface area contributed by atoms with Crippen LogP contribution in [-0.2, 0) is 0 Å². The lowest BCUT2D eigenvalue weighted by Gasteiger charge is -2.15. The number of ether oxygens (including phenoxy) is 1. The predicted molar refractivity (Wildman–Crippen MR) is 105 cm³/mol. The number of anilines is 1. The summed E-state index contributed by atoms with van der Waals surface area (Å²) < 4.78 is 5.39. The molecule has 5 nitrogen and oxygen atoms in total. The van der Waals surface area contributed by atoms with Crippen molar-refractivity contribution in [2.75, 3.05) is 38.6 Å². The van der Waals surface area contributed by atoms with Crippen LogP contribution in [0.25, 0.3) is 22.3 Å². The van der Waals surface area contributed by atoms with E-state index in [0.29, 0.717) is 0 Å². The van der Waals surface area contributed by atoms with Crippen molar-refractivity contribution >= 4 is 16.7 Å². The molecule has 0 radical (unpaired) electrons. The van der Waals surface area contributed by atoms with E-state index in [1.54, 1.807) is 12.0 Å². The fraction of sp³-hybridized carbons (Fsp3) is 0.333. The number of nitrogens with zero attached hydrogens (tertiary/aromatic N) is 2. The molecular formula is C21H25N4O+. The predicted octanol–water partition coefficient (Wildman–Crippen LogP) is 2.40. The van der Waals surface area contributed by atoms with E-state index in [4.69, 9.17) is 14.7 Å². The van der Waals surface area contributed by atoms with Crippen LogP contribution in [0.4, 0.5) is 5.82 Å². The van der Waals surface area contributed by atoms with Crippen molar-refractivity contribution in [1.82, 2.24) is 9.97 Å². The Hall–Kier alpha value is -2.66. The summed E-state index contributed by atoms with van der Waals surface area (Å²) in [7, 11) is 1.68. The van der Waals surface area contributed by atoms with Crippen molar-refractivity contribution in [3.63, 3.8) is 0 Å². The standard InChI is InChI=1S/C21H24N4O/c1-26-17-9-10-19-18(15-17)21(22-11-14-25-12-5-6-13-25)24-20(23-19)16-7-3-2-4-8-16/h2-4,7-10,15H,5-6,11-14H2,1H3,(H,22,23,24)/p+1. The topological polar surface area (TPSA) is 51.5 Å². The minimum absolute atomic E-state index is 0.749. The van der Waals surface area contributed by atoms with Crippen LogP contribution >= 0.6 is 0 Å². The zero-order chi connectivity index (χ0) is 17.8. The van der Waals surface area contributed by atoms with E-state index in [2.05, 4.69) is 5.32 Å². The van der Waals surface area contributed by atoms with Gasteiger partial charge in [-0.05, 0) is 18.2 Å². The molecule has 0 amide bonds. The molecule has 0 saturated carbocycles. The maximum atomic E-state index is 5.39. The summed E-state index contributed by atoms with van der Waals surface area (Å²) in [5.41, 5.74) is 1.95. The maximum absolute atomic E-state index is 5.39. The summed E-state index contributed by atoms with van der Waals surface area (Å²) >= 11 is 0. The van der Waals surface area contributed by atoms with Gasteiger partial charge in [0.1, 0.15) is 11.6 Å². The summed E-state index contributed by atoms with van der Waals surface area (Å²) in [4.78, 5) is 11.3. The van der Waals surface area contributed by atoms with Crippen LogP contribution in [0.2, 0.25) is 0 Å². The van der Waals surface area contributed by atoms with Gasteiger partial charge in [-0.1, -0.05) is 30.3 Å². The number of aromatic nitrogens is 2. The third kappa shape index (κ3) is 3.63. The van der Waals surface area contributed by atoms with Gasteiger partial charge in [-0.25, -0.2) is 9.97 Å². The molecule has 1 aromatic heterocycles. The first-order valence-electron chi connectivity index (χ1n) is 9.32. The van der Waals surface area contributed by atoms with Gasteiger partial charge >= 0.3 is 0 Å². The van der Waals surface area contributed by atoms with Gasteiger partial charge in [-0.2, -0.15) is 0 Å². The molecule has 5 heteroatoms. The van der Waals surface area contributed by atoms with Gasteiger partial charge in [-0.15, -0.1) is 0 Å². The van der Waals surface area contributed by atoms with E-state index in [1.807, 2.05) is 48.5 Å². The first kappa shape index (κ1) is 16.8. The van der Waals surface area contributed by atoms with Gasteiger partial charge in [-0.3, -0.25) is 0 Å². The number of rotatable bonds is 6. The summed E-state index contributed by atoms with van der Waals surface area (Å²) in [6.45, 7) is 4.60. The van der Waals surface area contributed by atoms with E-state index in [-0.39, 0.29) is 0 Å². The van der Waals surface area contributed by atoms with Gasteiger partial charge in [0.2, 0.25) is 0 Å². The van der Waals surface area contributed by atoms with E-state index < -0.39 is 0 Å². The highest BCUT2D eigenvalue weighted by molar-refractivity contribution is 5.91. The van der Waals surface area contributed by atoms with Crippen LogP contribution in [0, 0.1) is 0 Å². The Balaban J connectivity index is 1.66. The summed E-state index contributed by atoms with van der Waals surface area (Å²) in [5, 5.41) is 4.55. The SMILES string of the molecule is COc1ccc2nc(-c3ccccc3)nc(NCC[NH+]3CCCC3)c2c1. The van der Waals surface area contributed by atoms with Crippen LogP contribution in [0.1, 0.15) is 12.8 Å². The van der Waals surface area contributed by atoms with Gasteiger partial charge < -0.3 is 15.0 Å². The fourth-order valence-electron chi connectivity index (χ4n) is 3.57. The third-order valence-corrected chi connectivity index (χ3v) is 5.02. The lowest BCUT2D eigenvalue weighted by atomic mass is 10.1. The molecule has 0 unspecified atom stereocenters. The summed E-state index contributed by atoms with van der Waals surface area (Å²) in [5.74, 6) is 2.45. The fourth-order valence-corrected chi connectivity index (χ4v) is 3.57. The molecule has 0 atom stereocenters. The Morgan fingerprint density at radius 2 is 1.85 bits per heavy atom. The Morgan fingerprint density at radius 3 is 2.62 bits per heavy atom. The van der Waals surface area contributed by atoms with Crippen molar-refractivity contribution in [1.29, 1.82) is 0 Å². The van der Waals surface area contributed by atoms with Gasteiger partial charge in [0.15, 0.2) is 5.82 Å². The van der Waals surface area contributed by atoms with Crippen LogP contribution < -0.4 is 15.0 Å². The highest BCUT2D eigenvalue weighted by Gasteiger charge is 2.15. The number of fused-ring (bicyclic) bond motifs is 1. The van der Waals surface area contributed by atoms with Gasteiger partial charge in [0, 0.05) is 23.8 Å². The van der Waals surface area contributed by atoms with E-state index >= 15 is 0 Å². The molecular weight excluding hydrogens is 324 g/mol. The molecule has 0 bridgehead atoms. The average Bonchev–Trinajstić information content (AvgIpc) is 3.21. The minimum atomic E-state index is 0.749.